The van der Waals surface area contributed by atoms with Crippen molar-refractivity contribution >= 4 is 0 Å². The van der Waals surface area contributed by atoms with E-state index in [1.54, 1.807) is 0 Å². The van der Waals surface area contributed by atoms with Crippen LogP contribution in [0.4, 0.5) is 0 Å². The summed E-state index contributed by atoms with van der Waals surface area (Å²) in [5, 5.41) is 3.44. The van der Waals surface area contributed by atoms with Gasteiger partial charge in [-0.1, -0.05) is 0 Å². The number of hydrogen-bond acceptors (Lipinski definition) is 3. The monoisotopic (exact) mass is 212 g/mol. The van der Waals surface area contributed by atoms with Gasteiger partial charge in [0.15, 0.2) is 0 Å². The SMILES string of the molecule is CCOCCNCCN1CC2CCC1C2. The van der Waals surface area contributed by atoms with Crippen LogP contribution in [0.5, 0.6) is 0 Å². The number of hydrogen-bond donors (Lipinski definition) is 1. The highest BCUT2D eigenvalue weighted by atomic mass is 16.5. The molecule has 2 unspecified atom stereocenters. The van der Waals surface area contributed by atoms with Crippen molar-refractivity contribution < 1.29 is 4.74 Å². The van der Waals surface area contributed by atoms with Crippen molar-refractivity contribution in [3.63, 3.8) is 0 Å². The van der Waals surface area contributed by atoms with Crippen molar-refractivity contribution in [1.82, 2.24) is 10.2 Å². The van der Waals surface area contributed by atoms with Crippen molar-refractivity contribution in [1.29, 1.82) is 0 Å². The van der Waals surface area contributed by atoms with Crippen LogP contribution in [0, 0.1) is 5.92 Å². The Kier molecular flexibility index (Phi) is 4.42. The third-order valence-corrected chi connectivity index (χ3v) is 3.73. The molecule has 2 bridgehead atoms. The minimum atomic E-state index is 0.831. The molecule has 1 heterocycles. The zero-order valence-electron chi connectivity index (χ0n) is 9.87. The number of piperidine rings is 1. The van der Waals surface area contributed by atoms with Gasteiger partial charge in [-0.2, -0.15) is 0 Å². The summed E-state index contributed by atoms with van der Waals surface area (Å²) in [5.74, 6) is 1.03. The summed E-state index contributed by atoms with van der Waals surface area (Å²) in [5.41, 5.74) is 0. The molecule has 1 aliphatic heterocycles. The number of nitrogens with one attached hydrogen (secondary N) is 1. The zero-order valence-corrected chi connectivity index (χ0v) is 9.87. The molecular formula is C12H24N2O. The maximum atomic E-state index is 5.28. The van der Waals surface area contributed by atoms with E-state index >= 15 is 0 Å². The highest BCUT2D eigenvalue weighted by Gasteiger charge is 2.36. The standard InChI is InChI=1S/C12H24N2O/c1-2-15-8-6-13-5-7-14-10-11-3-4-12(14)9-11/h11-13H,2-10H2,1H3. The second kappa shape index (κ2) is 5.83. The Bertz CT molecular complexity index is 186. The van der Waals surface area contributed by atoms with E-state index in [0.29, 0.717) is 0 Å². The Balaban J connectivity index is 1.48. The fourth-order valence-electron chi connectivity index (χ4n) is 2.94. The van der Waals surface area contributed by atoms with Gasteiger partial charge >= 0.3 is 0 Å². The number of likely N-dealkylation sites (tertiary alicyclic amines) is 1. The lowest BCUT2D eigenvalue weighted by molar-refractivity contribution is 0.147. The predicted octanol–water partition coefficient (Wildman–Crippen LogP) is 1.10. The van der Waals surface area contributed by atoms with Crippen LogP contribution < -0.4 is 5.32 Å². The zero-order chi connectivity index (χ0) is 10.5. The average molecular weight is 212 g/mol. The van der Waals surface area contributed by atoms with E-state index in [-0.39, 0.29) is 0 Å². The molecule has 3 heteroatoms. The Morgan fingerprint density at radius 3 is 2.93 bits per heavy atom. The number of fused-ring (bicyclic) bond motifs is 2. The van der Waals surface area contributed by atoms with Gasteiger partial charge < -0.3 is 10.1 Å². The van der Waals surface area contributed by atoms with Gasteiger partial charge in [0, 0.05) is 38.8 Å². The summed E-state index contributed by atoms with van der Waals surface area (Å²) >= 11 is 0. The molecule has 0 aromatic rings. The lowest BCUT2D eigenvalue weighted by atomic mass is 10.1. The van der Waals surface area contributed by atoms with Crippen LogP contribution in [0.3, 0.4) is 0 Å². The molecule has 0 aromatic carbocycles. The Morgan fingerprint density at radius 1 is 1.33 bits per heavy atom. The summed E-state index contributed by atoms with van der Waals surface area (Å²) in [6.07, 6.45) is 4.40. The molecule has 2 fully saturated rings. The molecule has 0 amide bonds. The third-order valence-electron chi connectivity index (χ3n) is 3.73. The molecular weight excluding hydrogens is 188 g/mol. The molecule has 0 spiro atoms. The maximum absolute atomic E-state index is 5.28. The van der Waals surface area contributed by atoms with E-state index in [2.05, 4.69) is 10.2 Å². The second-order valence-corrected chi connectivity index (χ2v) is 4.77. The van der Waals surface area contributed by atoms with Crippen molar-refractivity contribution in [2.24, 2.45) is 5.92 Å². The fraction of sp³-hybridized carbons (Fsp3) is 1.00. The molecule has 15 heavy (non-hydrogen) atoms. The minimum Gasteiger partial charge on any atom is -0.380 e. The maximum Gasteiger partial charge on any atom is 0.0590 e. The highest BCUT2D eigenvalue weighted by Crippen LogP contribution is 2.36. The topological polar surface area (TPSA) is 24.5 Å². The summed E-state index contributed by atoms with van der Waals surface area (Å²) < 4.78 is 5.28. The third kappa shape index (κ3) is 3.16. The predicted molar refractivity (Wildman–Crippen MR) is 62.1 cm³/mol. The van der Waals surface area contributed by atoms with E-state index in [1.165, 1.54) is 32.4 Å². The lowest BCUT2D eigenvalue weighted by Crippen LogP contribution is -2.38. The molecule has 0 aromatic heterocycles. The Labute approximate surface area is 93.2 Å². The molecule has 2 aliphatic rings. The van der Waals surface area contributed by atoms with Gasteiger partial charge in [-0.05, 0) is 32.1 Å². The van der Waals surface area contributed by atoms with E-state index in [0.717, 1.165) is 38.3 Å². The molecule has 1 saturated carbocycles. The van der Waals surface area contributed by atoms with Gasteiger partial charge in [-0.15, -0.1) is 0 Å². The van der Waals surface area contributed by atoms with Gasteiger partial charge in [0.25, 0.3) is 0 Å². The molecule has 0 radical (unpaired) electrons. The summed E-state index contributed by atoms with van der Waals surface area (Å²) in [4.78, 5) is 2.67. The molecule has 2 atom stereocenters. The van der Waals surface area contributed by atoms with E-state index in [1.807, 2.05) is 6.92 Å². The summed E-state index contributed by atoms with van der Waals surface area (Å²) in [6.45, 7) is 8.43. The first-order valence-electron chi connectivity index (χ1n) is 6.42. The van der Waals surface area contributed by atoms with Crippen LogP contribution >= 0.6 is 0 Å². The Hall–Kier alpha value is -0.120. The van der Waals surface area contributed by atoms with Crippen LogP contribution in [-0.2, 0) is 4.74 Å². The average Bonchev–Trinajstić information content (AvgIpc) is 2.85. The molecule has 3 nitrogen and oxygen atoms in total. The molecule has 88 valence electrons. The van der Waals surface area contributed by atoms with Crippen LogP contribution in [0.2, 0.25) is 0 Å². The van der Waals surface area contributed by atoms with Gasteiger partial charge in [-0.25, -0.2) is 0 Å². The molecule has 1 aliphatic carbocycles. The summed E-state index contributed by atoms with van der Waals surface area (Å²) in [7, 11) is 0. The minimum absolute atomic E-state index is 0.831. The van der Waals surface area contributed by atoms with Gasteiger partial charge in [-0.3, -0.25) is 4.90 Å². The lowest BCUT2D eigenvalue weighted by Gasteiger charge is -2.26. The van der Waals surface area contributed by atoms with E-state index < -0.39 is 0 Å². The van der Waals surface area contributed by atoms with Gasteiger partial charge in [0.2, 0.25) is 0 Å². The second-order valence-electron chi connectivity index (χ2n) is 4.77. The number of ether oxygens (including phenoxy) is 1. The van der Waals surface area contributed by atoms with Crippen LogP contribution in [0.25, 0.3) is 0 Å². The van der Waals surface area contributed by atoms with Crippen molar-refractivity contribution in [3.8, 4) is 0 Å². The van der Waals surface area contributed by atoms with Crippen molar-refractivity contribution in [3.05, 3.63) is 0 Å². The van der Waals surface area contributed by atoms with Crippen LogP contribution in [-0.4, -0.2) is 50.3 Å². The first kappa shape index (κ1) is 11.4. The van der Waals surface area contributed by atoms with Crippen LogP contribution in [0.15, 0.2) is 0 Å². The van der Waals surface area contributed by atoms with Crippen LogP contribution in [0.1, 0.15) is 26.2 Å². The van der Waals surface area contributed by atoms with Gasteiger partial charge in [0.1, 0.15) is 0 Å². The number of rotatable bonds is 7. The fourth-order valence-corrected chi connectivity index (χ4v) is 2.94. The first-order chi connectivity index (χ1) is 7.40. The largest absolute Gasteiger partial charge is 0.380 e. The quantitative estimate of drug-likeness (QED) is 0.640. The number of nitrogens with zero attached hydrogens (tertiary/aromatic N) is 1. The smallest absolute Gasteiger partial charge is 0.0590 e. The Morgan fingerprint density at radius 2 is 2.27 bits per heavy atom. The van der Waals surface area contributed by atoms with Crippen molar-refractivity contribution in [2.75, 3.05) is 39.4 Å². The first-order valence-corrected chi connectivity index (χ1v) is 6.42. The van der Waals surface area contributed by atoms with E-state index in [9.17, 15) is 0 Å². The highest BCUT2D eigenvalue weighted by molar-refractivity contribution is 4.91. The molecule has 2 rings (SSSR count). The van der Waals surface area contributed by atoms with Gasteiger partial charge in [0.05, 0.1) is 6.61 Å². The molecule has 1 saturated heterocycles. The normalized spacial score (nSPS) is 30.2. The summed E-state index contributed by atoms with van der Waals surface area (Å²) in [6, 6.07) is 0.920. The molecule has 1 N–H and O–H groups in total. The van der Waals surface area contributed by atoms with Crippen molar-refractivity contribution in [2.45, 2.75) is 32.2 Å². The van der Waals surface area contributed by atoms with E-state index in [4.69, 9.17) is 4.74 Å².